The van der Waals surface area contributed by atoms with Crippen molar-refractivity contribution in [3.8, 4) is 12.3 Å². The molecule has 0 radical (unpaired) electrons. The van der Waals surface area contributed by atoms with E-state index >= 15 is 0 Å². The van der Waals surface area contributed by atoms with Crippen LogP contribution in [0.2, 0.25) is 5.32 Å². The number of carbonyl (C=O) groups is 1. The van der Waals surface area contributed by atoms with Crippen LogP contribution in [0, 0.1) is 12.3 Å². The third-order valence-electron chi connectivity index (χ3n) is 1.51. The van der Waals surface area contributed by atoms with Gasteiger partial charge in [0.15, 0.2) is 0 Å². The second-order valence-electron chi connectivity index (χ2n) is 2.53. The van der Waals surface area contributed by atoms with Crippen molar-refractivity contribution in [3.05, 3.63) is 35.9 Å². The molecule has 1 aromatic rings. The number of benzene rings is 1. The monoisotopic (exact) mass is 238 g/mol. The van der Waals surface area contributed by atoms with Gasteiger partial charge in [0.25, 0.3) is 0 Å². The summed E-state index contributed by atoms with van der Waals surface area (Å²) in [6.07, 6.45) is 5.61. The van der Waals surface area contributed by atoms with Gasteiger partial charge in [-0.05, 0) is 0 Å². The Morgan fingerprint density at radius 1 is 1.38 bits per heavy atom. The fourth-order valence-corrected chi connectivity index (χ4v) is 2.01. The summed E-state index contributed by atoms with van der Waals surface area (Å²) in [4.78, 5) is 11.3. The molecular formula is C11H10OSe. The first-order chi connectivity index (χ1) is 6.33. The Morgan fingerprint density at radius 3 is 2.69 bits per heavy atom. The molecule has 66 valence electrons. The van der Waals surface area contributed by atoms with Crippen LogP contribution >= 0.6 is 0 Å². The molecule has 0 saturated carbocycles. The number of hydrogen-bond donors (Lipinski definition) is 0. The van der Waals surface area contributed by atoms with Gasteiger partial charge in [0.2, 0.25) is 0 Å². The van der Waals surface area contributed by atoms with Crippen LogP contribution in [0.25, 0.3) is 0 Å². The van der Waals surface area contributed by atoms with E-state index in [1.165, 1.54) is 0 Å². The Kier molecular flexibility index (Phi) is 4.32. The van der Waals surface area contributed by atoms with Gasteiger partial charge < -0.3 is 0 Å². The van der Waals surface area contributed by atoms with Gasteiger partial charge in [-0.15, -0.1) is 0 Å². The van der Waals surface area contributed by atoms with Crippen LogP contribution in [0.1, 0.15) is 5.56 Å². The van der Waals surface area contributed by atoms with E-state index in [0.717, 1.165) is 5.56 Å². The second-order valence-corrected chi connectivity index (χ2v) is 4.69. The third-order valence-corrected chi connectivity index (χ3v) is 3.14. The summed E-state index contributed by atoms with van der Waals surface area (Å²) >= 11 is -0.0371. The van der Waals surface area contributed by atoms with Crippen LogP contribution < -0.4 is 0 Å². The normalized spacial score (nSPS) is 9.15. The van der Waals surface area contributed by atoms with Crippen LogP contribution in [0.4, 0.5) is 0 Å². The van der Waals surface area contributed by atoms with Gasteiger partial charge >= 0.3 is 84.4 Å². The molecule has 0 aliphatic rings. The van der Waals surface area contributed by atoms with E-state index in [4.69, 9.17) is 6.42 Å². The molecule has 0 fully saturated rings. The van der Waals surface area contributed by atoms with E-state index in [1.807, 2.05) is 30.3 Å². The zero-order valence-corrected chi connectivity index (χ0v) is 8.91. The number of hydrogen-bond acceptors (Lipinski definition) is 1. The molecule has 0 N–H and O–H groups in total. The molecule has 0 amide bonds. The summed E-state index contributed by atoms with van der Waals surface area (Å²) in [5, 5.41) is 0.610. The summed E-state index contributed by atoms with van der Waals surface area (Å²) in [6.45, 7) is 0. The third kappa shape index (κ3) is 3.94. The molecule has 1 rings (SSSR count). The number of terminal acetylenes is 1. The Hall–Kier alpha value is -1.03. The van der Waals surface area contributed by atoms with Crippen LogP contribution in [0.3, 0.4) is 0 Å². The average Bonchev–Trinajstić information content (AvgIpc) is 2.16. The first-order valence-electron chi connectivity index (χ1n) is 3.96. The van der Waals surface area contributed by atoms with Crippen LogP contribution in [0.15, 0.2) is 30.3 Å². The van der Waals surface area contributed by atoms with E-state index in [2.05, 4.69) is 5.92 Å². The molecule has 0 heterocycles. The zero-order chi connectivity index (χ0) is 9.52. The van der Waals surface area contributed by atoms with Crippen molar-refractivity contribution < 1.29 is 4.79 Å². The zero-order valence-electron chi connectivity index (χ0n) is 7.19. The molecule has 0 saturated heterocycles. The molecular weight excluding hydrogens is 227 g/mol. The van der Waals surface area contributed by atoms with Crippen molar-refractivity contribution in [2.24, 2.45) is 0 Å². The Bertz CT molecular complexity index is 311. The molecule has 0 bridgehead atoms. The van der Waals surface area contributed by atoms with E-state index < -0.39 is 0 Å². The van der Waals surface area contributed by atoms with E-state index in [1.54, 1.807) is 0 Å². The summed E-state index contributed by atoms with van der Waals surface area (Å²) < 4.78 is 0.275. The minimum absolute atomic E-state index is 0.0371. The van der Waals surface area contributed by atoms with Gasteiger partial charge in [-0.2, -0.15) is 0 Å². The van der Waals surface area contributed by atoms with Crippen molar-refractivity contribution in [3.63, 3.8) is 0 Å². The average molecular weight is 237 g/mol. The van der Waals surface area contributed by atoms with Gasteiger partial charge in [0, 0.05) is 0 Å². The SMILES string of the molecule is C#CC[Se]C(=O)Cc1ccccc1. The number of carbonyl (C=O) groups excluding carboxylic acids is 1. The standard InChI is InChI=1S/C11H10OSe/c1-2-8-13-11(12)9-10-6-4-3-5-7-10/h1,3-7H,8-9H2. The molecule has 0 atom stereocenters. The van der Waals surface area contributed by atoms with E-state index in [0.29, 0.717) is 11.7 Å². The Morgan fingerprint density at radius 2 is 2.08 bits per heavy atom. The summed E-state index contributed by atoms with van der Waals surface area (Å²) in [6, 6.07) is 9.75. The molecule has 2 heteroatoms. The topological polar surface area (TPSA) is 17.1 Å². The first kappa shape index (κ1) is 10.1. The maximum atomic E-state index is 11.3. The van der Waals surface area contributed by atoms with Crippen LogP contribution in [-0.4, -0.2) is 19.6 Å². The molecule has 0 aliphatic heterocycles. The minimum atomic E-state index is -0.0371. The Balaban J connectivity index is 2.42. The predicted octanol–water partition coefficient (Wildman–Crippen LogP) is 1.51. The molecule has 0 aliphatic carbocycles. The molecule has 13 heavy (non-hydrogen) atoms. The quantitative estimate of drug-likeness (QED) is 0.573. The summed E-state index contributed by atoms with van der Waals surface area (Å²) in [5.41, 5.74) is 1.08. The molecule has 0 unspecified atom stereocenters. The molecule has 1 aromatic carbocycles. The fraction of sp³-hybridized carbons (Fsp3) is 0.182. The van der Waals surface area contributed by atoms with Gasteiger partial charge in [-0.1, -0.05) is 0 Å². The maximum absolute atomic E-state index is 11.3. The van der Waals surface area contributed by atoms with Crippen molar-refractivity contribution in [1.29, 1.82) is 0 Å². The van der Waals surface area contributed by atoms with Gasteiger partial charge in [-0.25, -0.2) is 0 Å². The summed E-state index contributed by atoms with van der Waals surface area (Å²) in [5.74, 6) is 2.49. The fourth-order valence-electron chi connectivity index (χ4n) is 0.936. The van der Waals surface area contributed by atoms with Crippen molar-refractivity contribution in [2.45, 2.75) is 11.7 Å². The molecule has 0 spiro atoms. The van der Waals surface area contributed by atoms with Crippen LogP contribution in [0.5, 0.6) is 0 Å². The second kappa shape index (κ2) is 5.59. The predicted molar refractivity (Wildman–Crippen MR) is 54.5 cm³/mol. The van der Waals surface area contributed by atoms with Crippen molar-refractivity contribution >= 4 is 19.6 Å². The van der Waals surface area contributed by atoms with Gasteiger partial charge in [0.1, 0.15) is 0 Å². The summed E-state index contributed by atoms with van der Waals surface area (Å²) in [7, 11) is 0. The van der Waals surface area contributed by atoms with E-state index in [-0.39, 0.29) is 19.6 Å². The molecule has 0 aromatic heterocycles. The van der Waals surface area contributed by atoms with Gasteiger partial charge in [-0.3, -0.25) is 0 Å². The van der Waals surface area contributed by atoms with Crippen LogP contribution in [-0.2, 0) is 11.2 Å². The Labute approximate surface area is 84.7 Å². The molecule has 1 nitrogen and oxygen atoms in total. The van der Waals surface area contributed by atoms with E-state index in [9.17, 15) is 4.79 Å². The van der Waals surface area contributed by atoms with Gasteiger partial charge in [0.05, 0.1) is 0 Å². The van der Waals surface area contributed by atoms with Crippen molar-refractivity contribution in [2.75, 3.05) is 0 Å². The van der Waals surface area contributed by atoms with Crippen molar-refractivity contribution in [1.82, 2.24) is 0 Å². The number of rotatable bonds is 4. The first-order valence-corrected chi connectivity index (χ1v) is 6.02.